The average molecular weight is 338 g/mol. The molecule has 0 bridgehead atoms. The van der Waals surface area contributed by atoms with Gasteiger partial charge in [-0.05, 0) is 38.0 Å². The average Bonchev–Trinajstić information content (AvgIpc) is 2.99. The van der Waals surface area contributed by atoms with Crippen molar-refractivity contribution in [2.24, 2.45) is 0 Å². The molecule has 2 fully saturated rings. The molecule has 1 aromatic rings. The quantitative estimate of drug-likeness (QED) is 0.878. The number of carbonyl (C=O) groups is 2. The van der Waals surface area contributed by atoms with E-state index >= 15 is 0 Å². The lowest BCUT2D eigenvalue weighted by atomic mass is 10.1. The molecule has 1 amide bonds. The zero-order valence-corrected chi connectivity index (χ0v) is 13.5. The summed E-state index contributed by atoms with van der Waals surface area (Å²) in [6.07, 6.45) is 1.67. The summed E-state index contributed by atoms with van der Waals surface area (Å²) in [7, 11) is -3.92. The summed E-state index contributed by atoms with van der Waals surface area (Å²) in [5.41, 5.74) is -0.0930. The van der Waals surface area contributed by atoms with Crippen molar-refractivity contribution in [1.29, 1.82) is 0 Å². The minimum Gasteiger partial charge on any atom is -0.478 e. The number of piperazine rings is 1. The lowest BCUT2D eigenvalue weighted by Crippen LogP contribution is -2.59. The van der Waals surface area contributed by atoms with Gasteiger partial charge in [-0.25, -0.2) is 13.2 Å². The molecule has 2 aliphatic heterocycles. The number of aromatic carboxylic acids is 1. The molecule has 8 heteroatoms. The zero-order valence-electron chi connectivity index (χ0n) is 12.7. The van der Waals surface area contributed by atoms with Gasteiger partial charge in [-0.2, -0.15) is 4.31 Å². The van der Waals surface area contributed by atoms with Gasteiger partial charge in [0.25, 0.3) is 0 Å². The van der Waals surface area contributed by atoms with Gasteiger partial charge in [0.05, 0.1) is 10.5 Å². The van der Waals surface area contributed by atoms with Crippen molar-refractivity contribution in [2.45, 2.75) is 36.7 Å². The third kappa shape index (κ3) is 2.61. The van der Waals surface area contributed by atoms with Gasteiger partial charge in [0.15, 0.2) is 0 Å². The van der Waals surface area contributed by atoms with Crippen molar-refractivity contribution in [3.8, 4) is 0 Å². The highest BCUT2D eigenvalue weighted by Gasteiger charge is 2.45. The van der Waals surface area contributed by atoms with Gasteiger partial charge in [0.2, 0.25) is 15.9 Å². The molecular weight excluding hydrogens is 320 g/mol. The van der Waals surface area contributed by atoms with Crippen LogP contribution >= 0.6 is 0 Å². The number of benzene rings is 1. The molecule has 2 aliphatic rings. The van der Waals surface area contributed by atoms with Gasteiger partial charge in [-0.1, -0.05) is 6.07 Å². The maximum Gasteiger partial charge on any atom is 0.335 e. The molecule has 0 unspecified atom stereocenters. The summed E-state index contributed by atoms with van der Waals surface area (Å²) >= 11 is 0. The number of nitrogens with zero attached hydrogens (tertiary/aromatic N) is 2. The Morgan fingerprint density at radius 1 is 1.35 bits per heavy atom. The van der Waals surface area contributed by atoms with Crippen molar-refractivity contribution in [3.63, 3.8) is 0 Å². The Balaban J connectivity index is 1.97. The molecule has 0 saturated carbocycles. The van der Waals surface area contributed by atoms with Gasteiger partial charge < -0.3 is 10.0 Å². The van der Waals surface area contributed by atoms with E-state index in [-0.39, 0.29) is 29.0 Å². The van der Waals surface area contributed by atoms with Gasteiger partial charge in [0.1, 0.15) is 6.04 Å². The van der Waals surface area contributed by atoms with E-state index in [1.807, 2.05) is 0 Å². The van der Waals surface area contributed by atoms with Crippen molar-refractivity contribution in [2.75, 3.05) is 13.1 Å². The monoisotopic (exact) mass is 338 g/mol. The van der Waals surface area contributed by atoms with Crippen LogP contribution in [0.3, 0.4) is 0 Å². The van der Waals surface area contributed by atoms with Crippen LogP contribution in [0.5, 0.6) is 0 Å². The van der Waals surface area contributed by atoms with Crippen LogP contribution in [0.1, 0.15) is 30.1 Å². The molecule has 2 saturated heterocycles. The van der Waals surface area contributed by atoms with E-state index in [4.69, 9.17) is 5.11 Å². The second-order valence-corrected chi connectivity index (χ2v) is 7.80. The normalized spacial score (nSPS) is 25.4. The molecule has 1 N–H and O–H groups in total. The standard InChI is InChI=1S/C15H18N2O5S/c1-10-14(18)16-7-3-5-12(16)9-17(10)23(21,22)13-6-2-4-11(8-13)15(19)20/h2,4,6,8,10,12H,3,5,7,9H2,1H3,(H,19,20)/t10-,12+/m1/s1. The van der Waals surface area contributed by atoms with Gasteiger partial charge >= 0.3 is 5.97 Å². The first kappa shape index (κ1) is 15.9. The van der Waals surface area contributed by atoms with Crippen LogP contribution in [0.4, 0.5) is 0 Å². The minimum atomic E-state index is -3.92. The molecular formula is C15H18N2O5S. The number of fused-ring (bicyclic) bond motifs is 1. The van der Waals surface area contributed by atoms with E-state index < -0.39 is 22.0 Å². The summed E-state index contributed by atoms with van der Waals surface area (Å²) in [6.45, 7) is 2.51. The van der Waals surface area contributed by atoms with Crippen molar-refractivity contribution < 1.29 is 23.1 Å². The largest absolute Gasteiger partial charge is 0.478 e. The number of hydrogen-bond donors (Lipinski definition) is 1. The third-order valence-corrected chi connectivity index (χ3v) is 6.46. The maximum absolute atomic E-state index is 12.9. The Morgan fingerprint density at radius 2 is 2.09 bits per heavy atom. The van der Waals surface area contributed by atoms with E-state index in [0.29, 0.717) is 6.54 Å². The van der Waals surface area contributed by atoms with Gasteiger partial charge in [-0.3, -0.25) is 4.79 Å². The number of carboxylic acid groups (broad SMARTS) is 1. The van der Waals surface area contributed by atoms with Gasteiger partial charge in [-0.15, -0.1) is 0 Å². The zero-order chi connectivity index (χ0) is 16.8. The molecule has 2 atom stereocenters. The molecule has 1 aromatic carbocycles. The number of carbonyl (C=O) groups excluding carboxylic acids is 1. The number of amides is 1. The van der Waals surface area contributed by atoms with Crippen LogP contribution in [0.25, 0.3) is 0 Å². The topological polar surface area (TPSA) is 95.0 Å². The lowest BCUT2D eigenvalue weighted by Gasteiger charge is -2.40. The second kappa shape index (κ2) is 5.61. The summed E-state index contributed by atoms with van der Waals surface area (Å²) in [5.74, 6) is -1.37. The first-order valence-electron chi connectivity index (χ1n) is 7.48. The highest BCUT2D eigenvalue weighted by Crippen LogP contribution is 2.30. The van der Waals surface area contributed by atoms with E-state index in [2.05, 4.69) is 0 Å². The molecule has 0 aliphatic carbocycles. The fourth-order valence-electron chi connectivity index (χ4n) is 3.28. The van der Waals surface area contributed by atoms with Crippen LogP contribution in [-0.4, -0.2) is 59.8 Å². The molecule has 0 radical (unpaired) electrons. The SMILES string of the molecule is C[C@@H]1C(=O)N2CCC[C@H]2CN1S(=O)(=O)c1cccc(C(=O)O)c1. The van der Waals surface area contributed by atoms with Crippen molar-refractivity contribution in [3.05, 3.63) is 29.8 Å². The fraction of sp³-hybridized carbons (Fsp3) is 0.467. The Kier molecular flexibility index (Phi) is 3.89. The van der Waals surface area contributed by atoms with E-state index in [1.54, 1.807) is 11.8 Å². The highest BCUT2D eigenvalue weighted by molar-refractivity contribution is 7.89. The molecule has 23 heavy (non-hydrogen) atoms. The maximum atomic E-state index is 12.9. The number of sulfonamides is 1. The molecule has 7 nitrogen and oxygen atoms in total. The summed E-state index contributed by atoms with van der Waals surface area (Å²) in [4.78, 5) is 25.1. The van der Waals surface area contributed by atoms with Crippen LogP contribution < -0.4 is 0 Å². The molecule has 2 heterocycles. The first-order valence-corrected chi connectivity index (χ1v) is 8.92. The molecule has 0 aromatic heterocycles. The smallest absolute Gasteiger partial charge is 0.335 e. The fourth-order valence-corrected chi connectivity index (χ4v) is 4.95. The van der Waals surface area contributed by atoms with Crippen LogP contribution in [0.15, 0.2) is 29.2 Å². The van der Waals surface area contributed by atoms with E-state index in [1.165, 1.54) is 22.5 Å². The van der Waals surface area contributed by atoms with Crippen LogP contribution in [-0.2, 0) is 14.8 Å². The number of carboxylic acids is 1. The predicted octanol–water partition coefficient (Wildman–Crippen LogP) is 0.769. The van der Waals surface area contributed by atoms with Crippen LogP contribution in [0.2, 0.25) is 0 Å². The van der Waals surface area contributed by atoms with Crippen molar-refractivity contribution >= 4 is 21.9 Å². The van der Waals surface area contributed by atoms with Crippen molar-refractivity contribution in [1.82, 2.24) is 9.21 Å². The Labute approximate surface area is 134 Å². The number of hydrogen-bond acceptors (Lipinski definition) is 4. The number of rotatable bonds is 3. The first-order chi connectivity index (χ1) is 10.8. The molecule has 124 valence electrons. The van der Waals surface area contributed by atoms with E-state index in [0.717, 1.165) is 18.9 Å². The predicted molar refractivity (Wildman–Crippen MR) is 81.5 cm³/mol. The summed E-state index contributed by atoms with van der Waals surface area (Å²) < 4.78 is 26.9. The third-order valence-electron chi connectivity index (χ3n) is 4.53. The summed E-state index contributed by atoms with van der Waals surface area (Å²) in [6, 6.07) is 4.37. The molecule has 0 spiro atoms. The second-order valence-electron chi connectivity index (χ2n) is 5.91. The van der Waals surface area contributed by atoms with E-state index in [9.17, 15) is 18.0 Å². The minimum absolute atomic E-state index is 0.0869. The Bertz CT molecular complexity index is 761. The Hall–Kier alpha value is -1.93. The Morgan fingerprint density at radius 3 is 2.78 bits per heavy atom. The highest BCUT2D eigenvalue weighted by atomic mass is 32.2. The lowest BCUT2D eigenvalue weighted by molar-refractivity contribution is -0.139. The van der Waals surface area contributed by atoms with Crippen LogP contribution in [0, 0.1) is 0 Å². The van der Waals surface area contributed by atoms with Gasteiger partial charge in [0, 0.05) is 19.1 Å². The molecule has 3 rings (SSSR count). The summed E-state index contributed by atoms with van der Waals surface area (Å²) in [5, 5.41) is 9.03.